The van der Waals surface area contributed by atoms with Crippen molar-refractivity contribution >= 4 is 0 Å². The molecule has 0 spiro atoms. The highest BCUT2D eigenvalue weighted by Gasteiger charge is 2.37. The molecule has 2 atom stereocenters. The van der Waals surface area contributed by atoms with Crippen LogP contribution < -0.4 is 5.73 Å². The molecule has 1 aromatic rings. The molecule has 0 aliphatic rings. The summed E-state index contributed by atoms with van der Waals surface area (Å²) in [5, 5.41) is 9.75. The number of halogens is 6. The predicted octanol–water partition coefficient (Wildman–Crippen LogP) is 3.35. The number of aliphatic hydroxyl groups is 1. The average molecular weight is 301 g/mol. The largest absolute Gasteiger partial charge is 0.416 e. The minimum atomic E-state index is -4.93. The molecule has 0 fully saturated rings. The fraction of sp³-hybridized carbons (Fsp3) is 0.500. The molecule has 20 heavy (non-hydrogen) atoms. The summed E-state index contributed by atoms with van der Waals surface area (Å²) in [7, 11) is 0. The molecular weight excluding hydrogens is 288 g/mol. The summed E-state index contributed by atoms with van der Waals surface area (Å²) in [6.45, 7) is 1.36. The Morgan fingerprint density at radius 3 is 1.70 bits per heavy atom. The van der Waals surface area contributed by atoms with Gasteiger partial charge in [-0.2, -0.15) is 26.3 Å². The summed E-state index contributed by atoms with van der Waals surface area (Å²) in [4.78, 5) is 0. The van der Waals surface area contributed by atoms with Gasteiger partial charge in [0.1, 0.15) is 0 Å². The number of rotatable bonds is 3. The number of alkyl halides is 6. The highest BCUT2D eigenvalue weighted by molar-refractivity contribution is 5.35. The molecule has 1 aromatic carbocycles. The van der Waals surface area contributed by atoms with Gasteiger partial charge >= 0.3 is 12.4 Å². The smallest absolute Gasteiger partial charge is 0.388 e. The van der Waals surface area contributed by atoms with Crippen molar-refractivity contribution in [1.82, 2.24) is 0 Å². The van der Waals surface area contributed by atoms with Crippen LogP contribution in [0.2, 0.25) is 0 Å². The van der Waals surface area contributed by atoms with Crippen LogP contribution in [0.15, 0.2) is 18.2 Å². The van der Waals surface area contributed by atoms with Crippen LogP contribution in [0.25, 0.3) is 0 Å². The third kappa shape index (κ3) is 3.86. The van der Waals surface area contributed by atoms with Crippen molar-refractivity contribution in [3.8, 4) is 0 Å². The van der Waals surface area contributed by atoms with Gasteiger partial charge in [-0.15, -0.1) is 0 Å². The zero-order valence-electron chi connectivity index (χ0n) is 10.4. The van der Waals surface area contributed by atoms with Crippen LogP contribution in [-0.4, -0.2) is 11.7 Å². The minimum absolute atomic E-state index is 0.0172. The van der Waals surface area contributed by atoms with Crippen molar-refractivity contribution in [1.29, 1.82) is 0 Å². The molecule has 0 unspecified atom stereocenters. The fourth-order valence-electron chi connectivity index (χ4n) is 1.61. The van der Waals surface area contributed by atoms with Gasteiger partial charge in [0.05, 0.1) is 17.2 Å². The van der Waals surface area contributed by atoms with E-state index in [0.29, 0.717) is 12.1 Å². The third-order valence-corrected chi connectivity index (χ3v) is 2.86. The zero-order chi connectivity index (χ0) is 15.7. The van der Waals surface area contributed by atoms with Crippen LogP contribution in [0.1, 0.15) is 29.7 Å². The molecule has 0 radical (unpaired) electrons. The summed E-state index contributed by atoms with van der Waals surface area (Å²) < 4.78 is 75.7. The number of aliphatic hydroxyl groups excluding tert-OH is 1. The second-order valence-corrected chi connectivity index (χ2v) is 4.50. The lowest BCUT2D eigenvalue weighted by molar-refractivity contribution is -0.143. The Balaban J connectivity index is 3.38. The summed E-state index contributed by atoms with van der Waals surface area (Å²) >= 11 is 0. The number of hydrogen-bond donors (Lipinski definition) is 2. The lowest BCUT2D eigenvalue weighted by Gasteiger charge is -2.20. The van der Waals surface area contributed by atoms with E-state index in [-0.39, 0.29) is 12.6 Å². The van der Waals surface area contributed by atoms with Crippen molar-refractivity contribution in [2.45, 2.75) is 25.4 Å². The maximum absolute atomic E-state index is 12.6. The maximum Gasteiger partial charge on any atom is 0.416 e. The van der Waals surface area contributed by atoms with Crippen molar-refractivity contribution in [3.63, 3.8) is 0 Å². The highest BCUT2D eigenvalue weighted by Crippen LogP contribution is 2.38. The molecule has 0 saturated carbocycles. The second kappa shape index (κ2) is 5.61. The Morgan fingerprint density at radius 1 is 1.00 bits per heavy atom. The van der Waals surface area contributed by atoms with Gasteiger partial charge in [0.15, 0.2) is 0 Å². The van der Waals surface area contributed by atoms with E-state index in [2.05, 4.69) is 0 Å². The first kappa shape index (κ1) is 16.8. The van der Waals surface area contributed by atoms with Crippen LogP contribution in [-0.2, 0) is 12.4 Å². The summed E-state index contributed by atoms with van der Waals surface area (Å²) in [6.07, 6.45) is -11.4. The van der Waals surface area contributed by atoms with Gasteiger partial charge in [-0.05, 0) is 36.2 Å². The first-order valence-corrected chi connectivity index (χ1v) is 5.64. The van der Waals surface area contributed by atoms with Crippen LogP contribution in [0.3, 0.4) is 0 Å². The zero-order valence-corrected chi connectivity index (χ0v) is 10.4. The Kier molecular flexibility index (Phi) is 4.70. The fourth-order valence-corrected chi connectivity index (χ4v) is 1.61. The van der Waals surface area contributed by atoms with E-state index >= 15 is 0 Å². The Morgan fingerprint density at radius 2 is 1.40 bits per heavy atom. The number of benzene rings is 1. The molecule has 0 aromatic heterocycles. The van der Waals surface area contributed by atoms with Gasteiger partial charge in [0.25, 0.3) is 0 Å². The summed E-state index contributed by atoms with van der Waals surface area (Å²) in [6, 6.07) is 1.03. The second-order valence-electron chi connectivity index (χ2n) is 4.50. The first-order chi connectivity index (χ1) is 8.96. The van der Waals surface area contributed by atoms with E-state index in [9.17, 15) is 31.4 Å². The van der Waals surface area contributed by atoms with Crippen molar-refractivity contribution in [3.05, 3.63) is 34.9 Å². The van der Waals surface area contributed by atoms with E-state index < -0.39 is 41.1 Å². The van der Waals surface area contributed by atoms with Gasteiger partial charge in [-0.3, -0.25) is 0 Å². The normalized spacial score (nSPS) is 16.1. The predicted molar refractivity (Wildman–Crippen MR) is 59.6 cm³/mol. The quantitative estimate of drug-likeness (QED) is 0.841. The molecule has 0 aliphatic carbocycles. The molecule has 2 nitrogen and oxygen atoms in total. The van der Waals surface area contributed by atoms with Crippen LogP contribution in [0.5, 0.6) is 0 Å². The van der Waals surface area contributed by atoms with E-state index in [1.807, 2.05) is 0 Å². The molecule has 1 rings (SSSR count). The molecule has 0 bridgehead atoms. The van der Waals surface area contributed by atoms with Crippen molar-refractivity contribution in [2.24, 2.45) is 11.7 Å². The van der Waals surface area contributed by atoms with Crippen LogP contribution >= 0.6 is 0 Å². The number of nitrogens with two attached hydrogens (primary N) is 1. The SMILES string of the molecule is C[C@H](CN)[C@H](O)c1cc(C(F)(F)F)cc(C(F)(F)F)c1. The van der Waals surface area contributed by atoms with E-state index in [4.69, 9.17) is 5.73 Å². The van der Waals surface area contributed by atoms with Crippen LogP contribution in [0.4, 0.5) is 26.3 Å². The highest BCUT2D eigenvalue weighted by atomic mass is 19.4. The van der Waals surface area contributed by atoms with Gasteiger partial charge in [-0.1, -0.05) is 6.92 Å². The molecule has 0 amide bonds. The molecule has 114 valence electrons. The maximum atomic E-state index is 12.6. The standard InChI is InChI=1S/C12H13F6NO/c1-6(5-19)10(20)7-2-8(11(13,14)15)4-9(3-7)12(16,17)18/h2-4,6,10,20H,5,19H2,1H3/t6-,10+/m1/s1. The lowest BCUT2D eigenvalue weighted by Crippen LogP contribution is -2.20. The summed E-state index contributed by atoms with van der Waals surface area (Å²) in [5.74, 6) is -0.667. The van der Waals surface area contributed by atoms with E-state index in [0.717, 1.165) is 0 Å². The molecule has 8 heteroatoms. The van der Waals surface area contributed by atoms with Gasteiger partial charge in [-0.25, -0.2) is 0 Å². The van der Waals surface area contributed by atoms with Gasteiger partial charge < -0.3 is 10.8 Å². The topological polar surface area (TPSA) is 46.2 Å². The lowest BCUT2D eigenvalue weighted by atomic mass is 9.94. The van der Waals surface area contributed by atoms with E-state index in [1.165, 1.54) is 6.92 Å². The average Bonchev–Trinajstić information content (AvgIpc) is 2.34. The van der Waals surface area contributed by atoms with Crippen molar-refractivity contribution < 1.29 is 31.4 Å². The molecule has 3 N–H and O–H groups in total. The van der Waals surface area contributed by atoms with Crippen molar-refractivity contribution in [2.75, 3.05) is 6.54 Å². The Labute approximate surface area is 111 Å². The van der Waals surface area contributed by atoms with Crippen LogP contribution in [0, 0.1) is 5.92 Å². The number of hydrogen-bond acceptors (Lipinski definition) is 2. The minimum Gasteiger partial charge on any atom is -0.388 e. The molecular formula is C12H13F6NO. The molecule has 0 saturated heterocycles. The monoisotopic (exact) mass is 301 g/mol. The summed E-state index contributed by atoms with van der Waals surface area (Å²) in [5.41, 5.74) is 1.89. The molecule has 0 aliphatic heterocycles. The Hall–Kier alpha value is -1.28. The Bertz CT molecular complexity index is 436. The molecule has 0 heterocycles. The van der Waals surface area contributed by atoms with Gasteiger partial charge in [0, 0.05) is 0 Å². The van der Waals surface area contributed by atoms with Gasteiger partial charge in [0.2, 0.25) is 0 Å². The van der Waals surface area contributed by atoms with E-state index in [1.54, 1.807) is 0 Å². The third-order valence-electron chi connectivity index (χ3n) is 2.86. The first-order valence-electron chi connectivity index (χ1n) is 5.64.